The lowest BCUT2D eigenvalue weighted by Crippen LogP contribution is -2.23. The van der Waals surface area contributed by atoms with Crippen LogP contribution < -0.4 is 5.32 Å². The van der Waals surface area contributed by atoms with Crippen molar-refractivity contribution < 1.29 is 4.79 Å². The van der Waals surface area contributed by atoms with E-state index in [1.54, 1.807) is 0 Å². The minimum atomic E-state index is -0.00640. The van der Waals surface area contributed by atoms with Gasteiger partial charge in [0.05, 0.1) is 11.0 Å². The van der Waals surface area contributed by atoms with Gasteiger partial charge in [-0.1, -0.05) is 13.8 Å². The molecule has 2 aromatic rings. The van der Waals surface area contributed by atoms with E-state index in [0.29, 0.717) is 18.0 Å². The van der Waals surface area contributed by atoms with Crippen molar-refractivity contribution in [3.63, 3.8) is 0 Å². The van der Waals surface area contributed by atoms with Gasteiger partial charge in [-0.3, -0.25) is 4.79 Å². The number of carbonyl (C=O) groups excluding carboxylic acids is 1. The molecule has 1 aliphatic rings. The van der Waals surface area contributed by atoms with E-state index in [0.717, 1.165) is 36.2 Å². The Morgan fingerprint density at radius 2 is 2.35 bits per heavy atom. The van der Waals surface area contributed by atoms with E-state index in [4.69, 9.17) is 4.98 Å². The van der Waals surface area contributed by atoms with Crippen LogP contribution in [0.15, 0.2) is 18.2 Å². The second kappa shape index (κ2) is 5.27. The number of hydrogen-bond donors (Lipinski definition) is 1. The van der Waals surface area contributed by atoms with Crippen LogP contribution in [0.5, 0.6) is 0 Å². The Balaban J connectivity index is 1.94. The molecule has 0 saturated carbocycles. The summed E-state index contributed by atoms with van der Waals surface area (Å²) in [5.74, 6) is 1.85. The monoisotopic (exact) mass is 271 g/mol. The molecule has 1 aromatic carbocycles. The second-order valence-corrected chi connectivity index (χ2v) is 5.74. The highest BCUT2D eigenvalue weighted by Gasteiger charge is 2.19. The van der Waals surface area contributed by atoms with E-state index < -0.39 is 0 Å². The van der Waals surface area contributed by atoms with E-state index in [9.17, 15) is 4.79 Å². The van der Waals surface area contributed by atoms with Gasteiger partial charge in [0.15, 0.2) is 0 Å². The molecular weight excluding hydrogens is 250 g/mol. The number of aromatic nitrogens is 2. The third-order valence-corrected chi connectivity index (χ3v) is 4.00. The summed E-state index contributed by atoms with van der Waals surface area (Å²) in [5, 5.41) is 2.91. The number of fused-ring (bicyclic) bond motifs is 3. The van der Waals surface area contributed by atoms with Gasteiger partial charge in [-0.15, -0.1) is 0 Å². The number of benzene rings is 1. The molecule has 0 fully saturated rings. The van der Waals surface area contributed by atoms with Crippen LogP contribution in [0.3, 0.4) is 0 Å². The van der Waals surface area contributed by atoms with E-state index in [1.807, 2.05) is 25.1 Å². The summed E-state index contributed by atoms with van der Waals surface area (Å²) in [7, 11) is 0. The predicted octanol–water partition coefficient (Wildman–Crippen LogP) is 2.76. The zero-order valence-corrected chi connectivity index (χ0v) is 12.1. The van der Waals surface area contributed by atoms with Crippen LogP contribution in [-0.2, 0) is 13.0 Å². The molecule has 2 heterocycles. The number of hydrogen-bond acceptors (Lipinski definition) is 2. The lowest BCUT2D eigenvalue weighted by molar-refractivity contribution is 0.0954. The van der Waals surface area contributed by atoms with Crippen molar-refractivity contribution in [3.8, 4) is 0 Å². The van der Waals surface area contributed by atoms with Crippen LogP contribution >= 0.6 is 0 Å². The summed E-state index contributed by atoms with van der Waals surface area (Å²) in [6.45, 7) is 6.07. The molecule has 1 aromatic heterocycles. The van der Waals surface area contributed by atoms with Gasteiger partial charge in [0, 0.05) is 25.1 Å². The zero-order valence-electron chi connectivity index (χ0n) is 12.1. The number of imidazole rings is 1. The molecule has 0 spiro atoms. The van der Waals surface area contributed by atoms with Gasteiger partial charge in [0.1, 0.15) is 5.82 Å². The molecule has 106 valence electrons. The molecule has 1 aliphatic heterocycles. The quantitative estimate of drug-likeness (QED) is 0.933. The van der Waals surface area contributed by atoms with Crippen LogP contribution in [0.2, 0.25) is 0 Å². The Bertz CT molecular complexity index is 644. The molecule has 4 heteroatoms. The topological polar surface area (TPSA) is 46.9 Å². The summed E-state index contributed by atoms with van der Waals surface area (Å²) < 4.78 is 2.29. The standard InChI is InChI=1S/C16H21N3O/c1-3-7-17-16(20)12-4-5-14-13(10-12)18-15-9-11(2)6-8-19(14)15/h4-5,10-11H,3,6-9H2,1-2H3,(H,17,20)/t11-/m0/s1. The Hall–Kier alpha value is -1.84. The smallest absolute Gasteiger partial charge is 0.251 e. The Morgan fingerprint density at radius 1 is 1.50 bits per heavy atom. The molecule has 0 bridgehead atoms. The van der Waals surface area contributed by atoms with Gasteiger partial charge in [-0.25, -0.2) is 4.98 Å². The van der Waals surface area contributed by atoms with E-state index in [-0.39, 0.29) is 5.91 Å². The van der Waals surface area contributed by atoms with Crippen molar-refractivity contribution in [1.29, 1.82) is 0 Å². The fraction of sp³-hybridized carbons (Fsp3) is 0.500. The molecular formula is C16H21N3O. The molecule has 1 N–H and O–H groups in total. The zero-order chi connectivity index (χ0) is 14.1. The highest BCUT2D eigenvalue weighted by atomic mass is 16.1. The van der Waals surface area contributed by atoms with E-state index in [2.05, 4.69) is 16.8 Å². The van der Waals surface area contributed by atoms with Crippen molar-refractivity contribution in [2.24, 2.45) is 5.92 Å². The summed E-state index contributed by atoms with van der Waals surface area (Å²) >= 11 is 0. The highest BCUT2D eigenvalue weighted by molar-refractivity contribution is 5.97. The summed E-state index contributed by atoms with van der Waals surface area (Å²) in [6, 6.07) is 5.85. The third kappa shape index (κ3) is 2.30. The molecule has 20 heavy (non-hydrogen) atoms. The fourth-order valence-corrected chi connectivity index (χ4v) is 2.83. The first-order chi connectivity index (χ1) is 9.69. The maximum absolute atomic E-state index is 12.0. The first-order valence-electron chi connectivity index (χ1n) is 7.46. The minimum Gasteiger partial charge on any atom is -0.352 e. The van der Waals surface area contributed by atoms with Crippen LogP contribution in [0.4, 0.5) is 0 Å². The molecule has 4 nitrogen and oxygen atoms in total. The van der Waals surface area contributed by atoms with Crippen molar-refractivity contribution in [1.82, 2.24) is 14.9 Å². The molecule has 0 saturated heterocycles. The molecule has 0 aliphatic carbocycles. The molecule has 0 unspecified atom stereocenters. The molecule has 1 atom stereocenters. The van der Waals surface area contributed by atoms with Crippen LogP contribution in [-0.4, -0.2) is 22.0 Å². The predicted molar refractivity (Wildman–Crippen MR) is 79.8 cm³/mol. The van der Waals surface area contributed by atoms with Gasteiger partial charge in [0.2, 0.25) is 0 Å². The van der Waals surface area contributed by atoms with Crippen molar-refractivity contribution >= 4 is 16.9 Å². The first kappa shape index (κ1) is 13.2. The van der Waals surface area contributed by atoms with Gasteiger partial charge in [-0.2, -0.15) is 0 Å². The Labute approximate surface area is 119 Å². The fourth-order valence-electron chi connectivity index (χ4n) is 2.83. The van der Waals surface area contributed by atoms with Crippen LogP contribution in [0, 0.1) is 5.92 Å². The van der Waals surface area contributed by atoms with Crippen molar-refractivity contribution in [2.75, 3.05) is 6.54 Å². The molecule has 3 rings (SSSR count). The summed E-state index contributed by atoms with van der Waals surface area (Å²) in [6.07, 6.45) is 3.19. The second-order valence-electron chi connectivity index (χ2n) is 5.74. The molecule has 0 radical (unpaired) electrons. The molecule has 1 amide bonds. The van der Waals surface area contributed by atoms with Crippen LogP contribution in [0.25, 0.3) is 11.0 Å². The van der Waals surface area contributed by atoms with Gasteiger partial charge in [-0.05, 0) is 37.0 Å². The average Bonchev–Trinajstić information content (AvgIpc) is 2.80. The number of rotatable bonds is 3. The normalized spacial score (nSPS) is 18.0. The Kier molecular flexibility index (Phi) is 3.47. The van der Waals surface area contributed by atoms with E-state index in [1.165, 1.54) is 6.42 Å². The first-order valence-corrected chi connectivity index (χ1v) is 7.46. The highest BCUT2D eigenvalue weighted by Crippen LogP contribution is 2.25. The van der Waals surface area contributed by atoms with Crippen molar-refractivity contribution in [2.45, 2.75) is 39.7 Å². The van der Waals surface area contributed by atoms with Crippen LogP contribution in [0.1, 0.15) is 42.9 Å². The van der Waals surface area contributed by atoms with Gasteiger partial charge < -0.3 is 9.88 Å². The summed E-state index contributed by atoms with van der Waals surface area (Å²) in [4.78, 5) is 16.7. The Morgan fingerprint density at radius 3 is 3.15 bits per heavy atom. The van der Waals surface area contributed by atoms with Gasteiger partial charge >= 0.3 is 0 Å². The number of amides is 1. The maximum Gasteiger partial charge on any atom is 0.251 e. The number of nitrogens with one attached hydrogen (secondary N) is 1. The maximum atomic E-state index is 12.0. The lowest BCUT2D eigenvalue weighted by atomic mass is 10.0. The number of aryl methyl sites for hydroxylation is 1. The van der Waals surface area contributed by atoms with Crippen molar-refractivity contribution in [3.05, 3.63) is 29.6 Å². The SMILES string of the molecule is CCCNC(=O)c1ccc2c(c1)nc1n2CC[C@H](C)C1. The van der Waals surface area contributed by atoms with Gasteiger partial charge in [0.25, 0.3) is 5.91 Å². The number of carbonyl (C=O) groups is 1. The number of nitrogens with zero attached hydrogens (tertiary/aromatic N) is 2. The third-order valence-electron chi connectivity index (χ3n) is 4.00. The van der Waals surface area contributed by atoms with E-state index >= 15 is 0 Å². The average molecular weight is 271 g/mol. The minimum absolute atomic E-state index is 0.00640. The summed E-state index contributed by atoms with van der Waals surface area (Å²) in [5.41, 5.74) is 2.80. The largest absolute Gasteiger partial charge is 0.352 e. The lowest BCUT2D eigenvalue weighted by Gasteiger charge is -2.19.